The Bertz CT molecular complexity index is 575. The maximum absolute atomic E-state index is 13.3. The predicted molar refractivity (Wildman–Crippen MR) is 75.4 cm³/mol. The van der Waals surface area contributed by atoms with E-state index in [0.29, 0.717) is 0 Å². The van der Waals surface area contributed by atoms with Crippen LogP contribution in [0.4, 0.5) is 8.78 Å². The highest BCUT2D eigenvalue weighted by molar-refractivity contribution is 14.1. The van der Waals surface area contributed by atoms with E-state index in [1.807, 2.05) is 0 Å². The Morgan fingerprint density at radius 2 is 1.90 bits per heavy atom. The van der Waals surface area contributed by atoms with E-state index in [1.54, 1.807) is 22.6 Å². The molecule has 1 N–H and O–H groups in total. The van der Waals surface area contributed by atoms with Crippen LogP contribution >= 0.6 is 22.6 Å². The maximum Gasteiger partial charge on any atom is 0.326 e. The SMILES string of the molecule is CC(C(=O)O)N(C(=O)c1cc(F)c(F)cc1I)C1CC1. The Labute approximate surface area is 127 Å². The van der Waals surface area contributed by atoms with Crippen LogP contribution < -0.4 is 0 Å². The molecule has 4 nitrogen and oxygen atoms in total. The van der Waals surface area contributed by atoms with Gasteiger partial charge in [0.25, 0.3) is 5.91 Å². The smallest absolute Gasteiger partial charge is 0.326 e. The molecule has 0 spiro atoms. The van der Waals surface area contributed by atoms with Crippen LogP contribution in [0.25, 0.3) is 0 Å². The average molecular weight is 395 g/mol. The van der Waals surface area contributed by atoms with Gasteiger partial charge in [-0.2, -0.15) is 0 Å². The molecule has 0 radical (unpaired) electrons. The van der Waals surface area contributed by atoms with Gasteiger partial charge in [-0.05, 0) is 54.5 Å². The fourth-order valence-corrected chi connectivity index (χ4v) is 2.61. The van der Waals surface area contributed by atoms with Crippen LogP contribution in [-0.2, 0) is 4.79 Å². The number of carbonyl (C=O) groups excluding carboxylic acids is 1. The molecule has 1 saturated carbocycles. The molecule has 1 aliphatic carbocycles. The topological polar surface area (TPSA) is 57.6 Å². The summed E-state index contributed by atoms with van der Waals surface area (Å²) in [5, 5.41) is 9.06. The van der Waals surface area contributed by atoms with Crippen molar-refractivity contribution in [1.29, 1.82) is 0 Å². The van der Waals surface area contributed by atoms with Crippen LogP contribution in [0.5, 0.6) is 0 Å². The van der Waals surface area contributed by atoms with Crippen molar-refractivity contribution in [3.63, 3.8) is 0 Å². The highest BCUT2D eigenvalue weighted by atomic mass is 127. The normalized spacial score (nSPS) is 15.8. The molecule has 0 aliphatic heterocycles. The number of benzene rings is 1. The second-order valence-electron chi connectivity index (χ2n) is 4.70. The molecule has 20 heavy (non-hydrogen) atoms. The van der Waals surface area contributed by atoms with Gasteiger partial charge in [0.1, 0.15) is 6.04 Å². The Morgan fingerprint density at radius 3 is 2.40 bits per heavy atom. The third kappa shape index (κ3) is 2.92. The lowest BCUT2D eigenvalue weighted by Crippen LogP contribution is -2.45. The quantitative estimate of drug-likeness (QED) is 0.630. The van der Waals surface area contributed by atoms with Gasteiger partial charge in [-0.15, -0.1) is 0 Å². The predicted octanol–water partition coefficient (Wildman–Crippen LogP) is 2.65. The lowest BCUT2D eigenvalue weighted by molar-refractivity contribution is -0.141. The summed E-state index contributed by atoms with van der Waals surface area (Å²) in [6.45, 7) is 1.41. The van der Waals surface area contributed by atoms with Crippen molar-refractivity contribution >= 4 is 34.5 Å². The van der Waals surface area contributed by atoms with Gasteiger partial charge in [0.05, 0.1) is 5.56 Å². The van der Waals surface area contributed by atoms with Gasteiger partial charge in [0, 0.05) is 9.61 Å². The van der Waals surface area contributed by atoms with E-state index in [4.69, 9.17) is 5.11 Å². The van der Waals surface area contributed by atoms with Crippen molar-refractivity contribution < 1.29 is 23.5 Å². The van der Waals surface area contributed by atoms with Crippen LogP contribution in [0.3, 0.4) is 0 Å². The molecular weight excluding hydrogens is 383 g/mol. The Morgan fingerprint density at radius 1 is 1.35 bits per heavy atom. The fourth-order valence-electron chi connectivity index (χ4n) is 1.96. The van der Waals surface area contributed by atoms with E-state index in [1.165, 1.54) is 11.8 Å². The number of halogens is 3. The molecule has 0 aromatic heterocycles. The first-order valence-corrected chi connectivity index (χ1v) is 7.10. The van der Waals surface area contributed by atoms with E-state index in [2.05, 4.69) is 0 Å². The molecule has 1 unspecified atom stereocenters. The maximum atomic E-state index is 13.3. The minimum absolute atomic E-state index is 0.00972. The van der Waals surface area contributed by atoms with Crippen LogP contribution in [0.1, 0.15) is 30.1 Å². The molecule has 1 aromatic rings. The number of rotatable bonds is 4. The van der Waals surface area contributed by atoms with Crippen molar-refractivity contribution in [2.24, 2.45) is 0 Å². The van der Waals surface area contributed by atoms with E-state index in [0.717, 1.165) is 25.0 Å². The molecule has 0 heterocycles. The summed E-state index contributed by atoms with van der Waals surface area (Å²) in [5.74, 6) is -3.85. The summed E-state index contributed by atoms with van der Waals surface area (Å²) in [5.41, 5.74) is -0.00972. The molecule has 1 fully saturated rings. The summed E-state index contributed by atoms with van der Waals surface area (Å²) >= 11 is 1.73. The molecule has 7 heteroatoms. The van der Waals surface area contributed by atoms with Crippen LogP contribution in [0, 0.1) is 15.2 Å². The summed E-state index contributed by atoms with van der Waals surface area (Å²) in [6.07, 6.45) is 1.45. The van der Waals surface area contributed by atoms with E-state index < -0.39 is 29.6 Å². The van der Waals surface area contributed by atoms with E-state index in [-0.39, 0.29) is 15.2 Å². The molecule has 2 rings (SSSR count). The molecule has 1 aliphatic rings. The van der Waals surface area contributed by atoms with E-state index >= 15 is 0 Å². The average Bonchev–Trinajstić information content (AvgIpc) is 3.18. The Hall–Kier alpha value is -1.25. The number of carboxylic acids is 1. The fraction of sp³-hybridized carbons (Fsp3) is 0.385. The third-order valence-corrected chi connectivity index (χ3v) is 4.08. The minimum atomic E-state index is -1.12. The van der Waals surface area contributed by atoms with Gasteiger partial charge in [-0.1, -0.05) is 0 Å². The Kier molecular flexibility index (Phi) is 4.26. The third-order valence-electron chi connectivity index (χ3n) is 3.19. The number of hydrogen-bond donors (Lipinski definition) is 1. The van der Waals surface area contributed by atoms with Crippen molar-refractivity contribution in [3.05, 3.63) is 32.9 Å². The zero-order valence-electron chi connectivity index (χ0n) is 10.6. The zero-order chi connectivity index (χ0) is 15.0. The lowest BCUT2D eigenvalue weighted by atomic mass is 10.1. The highest BCUT2D eigenvalue weighted by Crippen LogP contribution is 2.31. The molecular formula is C13H12F2INO3. The number of amides is 1. The number of aliphatic carboxylic acids is 1. The van der Waals surface area contributed by atoms with Gasteiger partial charge in [-0.25, -0.2) is 13.6 Å². The second-order valence-corrected chi connectivity index (χ2v) is 5.87. The standard InChI is InChI=1S/C13H12F2INO3/c1-6(13(19)20)17(7-2-3-7)12(18)8-4-9(14)10(15)5-11(8)16/h4-7H,2-3H2,1H3,(H,19,20). The Balaban J connectivity index is 2.37. The number of nitrogens with zero attached hydrogens (tertiary/aromatic N) is 1. The number of carbonyl (C=O) groups is 2. The molecule has 1 atom stereocenters. The van der Waals surface area contributed by atoms with Crippen molar-refractivity contribution in [2.75, 3.05) is 0 Å². The number of carboxylic acid groups (broad SMARTS) is 1. The molecule has 0 bridgehead atoms. The second kappa shape index (κ2) is 5.63. The first-order chi connectivity index (χ1) is 9.32. The van der Waals surface area contributed by atoms with Crippen LogP contribution in [-0.4, -0.2) is 34.0 Å². The van der Waals surface area contributed by atoms with Crippen molar-refractivity contribution in [1.82, 2.24) is 4.90 Å². The zero-order valence-corrected chi connectivity index (χ0v) is 12.7. The summed E-state index contributed by atoms with van der Waals surface area (Å²) < 4.78 is 26.6. The van der Waals surface area contributed by atoms with Gasteiger partial charge in [0.15, 0.2) is 11.6 Å². The first kappa shape index (κ1) is 15.1. The lowest BCUT2D eigenvalue weighted by Gasteiger charge is -2.27. The van der Waals surface area contributed by atoms with Gasteiger partial charge >= 0.3 is 5.97 Å². The highest BCUT2D eigenvalue weighted by Gasteiger charge is 2.39. The largest absolute Gasteiger partial charge is 0.480 e. The molecule has 0 saturated heterocycles. The number of hydrogen-bond acceptors (Lipinski definition) is 2. The first-order valence-electron chi connectivity index (χ1n) is 6.03. The van der Waals surface area contributed by atoms with Gasteiger partial charge in [0.2, 0.25) is 0 Å². The molecule has 1 amide bonds. The monoisotopic (exact) mass is 395 g/mol. The summed E-state index contributed by atoms with van der Waals surface area (Å²) in [4.78, 5) is 24.7. The van der Waals surface area contributed by atoms with Crippen molar-refractivity contribution in [3.8, 4) is 0 Å². The summed E-state index contributed by atoms with van der Waals surface area (Å²) in [6, 6.07) is 0.611. The summed E-state index contributed by atoms with van der Waals surface area (Å²) in [7, 11) is 0. The van der Waals surface area contributed by atoms with Crippen LogP contribution in [0.15, 0.2) is 12.1 Å². The molecule has 108 valence electrons. The van der Waals surface area contributed by atoms with Gasteiger partial charge < -0.3 is 10.0 Å². The van der Waals surface area contributed by atoms with Crippen LogP contribution in [0.2, 0.25) is 0 Å². The van der Waals surface area contributed by atoms with E-state index in [9.17, 15) is 18.4 Å². The van der Waals surface area contributed by atoms with Gasteiger partial charge in [-0.3, -0.25) is 4.79 Å². The minimum Gasteiger partial charge on any atom is -0.480 e. The molecule has 1 aromatic carbocycles. The van der Waals surface area contributed by atoms with Crippen molar-refractivity contribution in [2.45, 2.75) is 31.8 Å².